The Balaban J connectivity index is 1.69. The van der Waals surface area contributed by atoms with E-state index in [1.54, 1.807) is 0 Å². The van der Waals surface area contributed by atoms with E-state index < -0.39 is 6.04 Å². The van der Waals surface area contributed by atoms with Crippen LogP contribution in [0, 0.1) is 5.92 Å². The number of rotatable bonds is 7. The third-order valence-corrected chi connectivity index (χ3v) is 4.78. The van der Waals surface area contributed by atoms with Crippen molar-refractivity contribution in [2.45, 2.75) is 44.8 Å². The van der Waals surface area contributed by atoms with Gasteiger partial charge in [-0.2, -0.15) is 0 Å². The van der Waals surface area contributed by atoms with Crippen molar-refractivity contribution < 1.29 is 9.59 Å². The van der Waals surface area contributed by atoms with Crippen LogP contribution in [0.25, 0.3) is 0 Å². The van der Waals surface area contributed by atoms with Crippen molar-refractivity contribution in [1.82, 2.24) is 16.2 Å². The van der Waals surface area contributed by atoms with Crippen LogP contribution >= 0.6 is 0 Å². The number of hydrogen-bond donors (Lipinski definition) is 4. The molecule has 0 spiro atoms. The molecule has 28 heavy (non-hydrogen) atoms. The Labute approximate surface area is 166 Å². The predicted octanol–water partition coefficient (Wildman–Crippen LogP) is 2.76. The van der Waals surface area contributed by atoms with Crippen molar-refractivity contribution in [1.29, 1.82) is 0 Å². The van der Waals surface area contributed by atoms with Crippen molar-refractivity contribution in [3.63, 3.8) is 0 Å². The summed E-state index contributed by atoms with van der Waals surface area (Å²) in [5.41, 5.74) is 7.69. The van der Waals surface area contributed by atoms with Gasteiger partial charge in [-0.3, -0.25) is 15.0 Å². The van der Waals surface area contributed by atoms with Gasteiger partial charge in [-0.25, -0.2) is 5.43 Å². The molecule has 3 atom stereocenters. The Morgan fingerprint density at radius 3 is 2.29 bits per heavy atom. The van der Waals surface area contributed by atoms with Crippen molar-refractivity contribution >= 4 is 17.5 Å². The largest absolute Gasteiger partial charge is 0.339 e. The zero-order valence-electron chi connectivity index (χ0n) is 16.3. The molecular formula is C22H28N4O2. The van der Waals surface area contributed by atoms with Gasteiger partial charge in [-0.1, -0.05) is 62.4 Å². The van der Waals surface area contributed by atoms with Crippen LogP contribution in [0.1, 0.15) is 38.3 Å². The highest BCUT2D eigenvalue weighted by molar-refractivity contribution is 5.98. The molecule has 1 saturated heterocycles. The third kappa shape index (κ3) is 5.41. The summed E-state index contributed by atoms with van der Waals surface area (Å²) >= 11 is 0. The lowest BCUT2D eigenvalue weighted by Gasteiger charge is -2.21. The van der Waals surface area contributed by atoms with Crippen molar-refractivity contribution in [2.24, 2.45) is 5.92 Å². The smallest absolute Gasteiger partial charge is 0.251 e. The zero-order chi connectivity index (χ0) is 19.9. The van der Waals surface area contributed by atoms with Crippen LogP contribution in [-0.2, 0) is 9.59 Å². The average molecular weight is 380 g/mol. The van der Waals surface area contributed by atoms with E-state index in [1.807, 2.05) is 60.7 Å². The number of anilines is 1. The summed E-state index contributed by atoms with van der Waals surface area (Å²) in [4.78, 5) is 25.7. The standard InChI is InChI=1S/C22H28N4O2/c1-15(2)13-18-14-19(26-25-18)21(27)24-20(16-9-5-3-6-10-16)22(28)23-17-11-7-4-8-12-17/h3-12,15,18-20,25-26H,13-14H2,1-2H3,(H,23,28)(H,24,27). The molecule has 2 aromatic carbocycles. The molecule has 1 aliphatic rings. The van der Waals surface area contributed by atoms with Crippen LogP contribution in [0.15, 0.2) is 60.7 Å². The summed E-state index contributed by atoms with van der Waals surface area (Å²) in [6, 6.07) is 17.7. The van der Waals surface area contributed by atoms with E-state index in [1.165, 1.54) is 0 Å². The number of hydrazine groups is 1. The highest BCUT2D eigenvalue weighted by atomic mass is 16.2. The maximum absolute atomic E-state index is 12.9. The Bertz CT molecular complexity index is 780. The van der Waals surface area contributed by atoms with Crippen molar-refractivity contribution in [3.8, 4) is 0 Å². The first-order chi connectivity index (χ1) is 13.5. The second kappa shape index (κ2) is 9.48. The van der Waals surface area contributed by atoms with Crippen LogP contribution < -0.4 is 21.5 Å². The monoisotopic (exact) mass is 380 g/mol. The number of carbonyl (C=O) groups is 2. The fourth-order valence-corrected chi connectivity index (χ4v) is 3.44. The third-order valence-electron chi connectivity index (χ3n) is 4.78. The molecule has 0 aromatic heterocycles. The molecule has 0 aliphatic carbocycles. The fraction of sp³-hybridized carbons (Fsp3) is 0.364. The SMILES string of the molecule is CC(C)CC1CC(C(=O)NC(C(=O)Nc2ccccc2)c2ccccc2)NN1. The fourth-order valence-electron chi connectivity index (χ4n) is 3.44. The highest BCUT2D eigenvalue weighted by Gasteiger charge is 2.32. The van der Waals surface area contributed by atoms with Gasteiger partial charge in [0.25, 0.3) is 5.91 Å². The molecule has 2 aromatic rings. The Hall–Kier alpha value is -2.70. The van der Waals surface area contributed by atoms with E-state index in [-0.39, 0.29) is 23.9 Å². The molecule has 3 rings (SSSR count). The van der Waals surface area contributed by atoms with Gasteiger partial charge < -0.3 is 10.6 Å². The maximum atomic E-state index is 12.9. The maximum Gasteiger partial charge on any atom is 0.251 e. The molecule has 0 radical (unpaired) electrons. The Morgan fingerprint density at radius 2 is 1.64 bits per heavy atom. The number of benzene rings is 2. The van der Waals surface area contributed by atoms with Crippen LogP contribution in [0.4, 0.5) is 5.69 Å². The summed E-state index contributed by atoms with van der Waals surface area (Å²) in [5.74, 6) is 0.0982. The molecule has 6 heteroatoms. The topological polar surface area (TPSA) is 82.3 Å². The van der Waals surface area contributed by atoms with Crippen molar-refractivity contribution in [2.75, 3.05) is 5.32 Å². The normalized spacial score (nSPS) is 20.0. The molecule has 0 saturated carbocycles. The summed E-state index contributed by atoms with van der Waals surface area (Å²) in [7, 11) is 0. The van der Waals surface area contributed by atoms with Gasteiger partial charge in [0.2, 0.25) is 5.91 Å². The number of amides is 2. The van der Waals surface area contributed by atoms with Crippen LogP contribution in [0.2, 0.25) is 0 Å². The van der Waals surface area contributed by atoms with Gasteiger partial charge in [0.05, 0.1) is 0 Å². The molecule has 2 amide bonds. The summed E-state index contributed by atoms with van der Waals surface area (Å²) in [6.07, 6.45) is 1.69. The molecule has 1 aliphatic heterocycles. The van der Waals surface area contributed by atoms with E-state index in [9.17, 15) is 9.59 Å². The summed E-state index contributed by atoms with van der Waals surface area (Å²) in [5, 5.41) is 5.80. The van der Waals surface area contributed by atoms with Crippen LogP contribution in [0.3, 0.4) is 0 Å². The first kappa shape index (κ1) is 20.0. The predicted molar refractivity (Wildman–Crippen MR) is 110 cm³/mol. The highest BCUT2D eigenvalue weighted by Crippen LogP contribution is 2.18. The number of hydrogen-bond acceptors (Lipinski definition) is 4. The molecular weight excluding hydrogens is 352 g/mol. The first-order valence-electron chi connectivity index (χ1n) is 9.75. The van der Waals surface area contributed by atoms with E-state index in [0.717, 1.165) is 12.0 Å². The lowest BCUT2D eigenvalue weighted by atomic mass is 9.99. The van der Waals surface area contributed by atoms with E-state index >= 15 is 0 Å². The Kier molecular flexibility index (Phi) is 6.79. The average Bonchev–Trinajstić information content (AvgIpc) is 3.15. The second-order valence-corrected chi connectivity index (χ2v) is 7.61. The summed E-state index contributed by atoms with van der Waals surface area (Å²) in [6.45, 7) is 4.32. The van der Waals surface area contributed by atoms with Gasteiger partial charge in [-0.15, -0.1) is 0 Å². The van der Waals surface area contributed by atoms with E-state index in [4.69, 9.17) is 0 Å². The van der Waals surface area contributed by atoms with Gasteiger partial charge >= 0.3 is 0 Å². The lowest BCUT2D eigenvalue weighted by Crippen LogP contribution is -2.47. The van der Waals surface area contributed by atoms with E-state index in [0.29, 0.717) is 18.0 Å². The molecule has 1 heterocycles. The number of para-hydroxylation sites is 1. The molecule has 1 fully saturated rings. The van der Waals surface area contributed by atoms with Gasteiger partial charge in [0.15, 0.2) is 0 Å². The first-order valence-corrected chi connectivity index (χ1v) is 9.75. The summed E-state index contributed by atoms with van der Waals surface area (Å²) < 4.78 is 0. The minimum Gasteiger partial charge on any atom is -0.339 e. The lowest BCUT2D eigenvalue weighted by molar-refractivity contribution is -0.127. The van der Waals surface area contributed by atoms with Crippen LogP contribution in [-0.4, -0.2) is 23.9 Å². The number of nitrogens with one attached hydrogen (secondary N) is 4. The second-order valence-electron chi connectivity index (χ2n) is 7.61. The van der Waals surface area contributed by atoms with Gasteiger partial charge in [-0.05, 0) is 36.5 Å². The molecule has 6 nitrogen and oxygen atoms in total. The van der Waals surface area contributed by atoms with Gasteiger partial charge in [0.1, 0.15) is 12.1 Å². The van der Waals surface area contributed by atoms with E-state index in [2.05, 4.69) is 35.3 Å². The Morgan fingerprint density at radius 1 is 1.00 bits per heavy atom. The zero-order valence-corrected chi connectivity index (χ0v) is 16.3. The van der Waals surface area contributed by atoms with Gasteiger partial charge in [0, 0.05) is 11.7 Å². The quantitative estimate of drug-likeness (QED) is 0.595. The molecule has 3 unspecified atom stereocenters. The van der Waals surface area contributed by atoms with Crippen LogP contribution in [0.5, 0.6) is 0 Å². The molecule has 148 valence electrons. The number of carbonyl (C=O) groups excluding carboxylic acids is 2. The van der Waals surface area contributed by atoms with Crippen molar-refractivity contribution in [3.05, 3.63) is 66.2 Å². The molecule has 4 N–H and O–H groups in total. The molecule has 0 bridgehead atoms. The minimum absolute atomic E-state index is 0.184. The minimum atomic E-state index is -0.764.